The van der Waals surface area contributed by atoms with Gasteiger partial charge in [-0.05, 0) is 12.1 Å². The third-order valence-corrected chi connectivity index (χ3v) is 2.94. The van der Waals surface area contributed by atoms with Gasteiger partial charge in [-0.1, -0.05) is 12.1 Å². The van der Waals surface area contributed by atoms with Crippen LogP contribution in [-0.2, 0) is 0 Å². The highest BCUT2D eigenvalue weighted by molar-refractivity contribution is 6.22. The summed E-state index contributed by atoms with van der Waals surface area (Å²) in [6, 6.07) is 5.62. The molecule has 0 bridgehead atoms. The van der Waals surface area contributed by atoms with E-state index in [-0.39, 0.29) is 11.1 Å². The van der Waals surface area contributed by atoms with Crippen LogP contribution in [0.5, 0.6) is 0 Å². The zero-order valence-corrected chi connectivity index (χ0v) is 9.69. The molecule has 0 heterocycles. The van der Waals surface area contributed by atoms with Crippen molar-refractivity contribution in [2.75, 3.05) is 0 Å². The van der Waals surface area contributed by atoms with E-state index in [4.69, 9.17) is 11.6 Å². The molecule has 0 unspecified atom stereocenters. The molecule has 0 N–H and O–H groups in total. The minimum atomic E-state index is -1.15. The Morgan fingerprint density at radius 2 is 1.11 bits per heavy atom. The molecule has 2 aromatic carbocycles. The molecule has 18 heavy (non-hydrogen) atoms. The molecule has 2 aromatic rings. The van der Waals surface area contributed by atoms with Crippen LogP contribution in [0.1, 0.15) is 16.5 Å². The van der Waals surface area contributed by atoms with E-state index in [2.05, 4.69) is 0 Å². The van der Waals surface area contributed by atoms with Crippen LogP contribution in [0, 0.1) is 23.3 Å². The van der Waals surface area contributed by atoms with Crippen LogP contribution in [0.15, 0.2) is 36.4 Å². The van der Waals surface area contributed by atoms with Crippen molar-refractivity contribution in [2.24, 2.45) is 0 Å². The normalized spacial score (nSPS) is 11.0. The van der Waals surface area contributed by atoms with Gasteiger partial charge in [-0.25, -0.2) is 17.6 Å². The van der Waals surface area contributed by atoms with E-state index >= 15 is 0 Å². The summed E-state index contributed by atoms with van der Waals surface area (Å²) in [5, 5.41) is -1.15. The minimum Gasteiger partial charge on any atom is -0.207 e. The molecule has 0 amide bonds. The minimum absolute atomic E-state index is 0.0661. The fourth-order valence-electron chi connectivity index (χ4n) is 1.58. The van der Waals surface area contributed by atoms with Gasteiger partial charge in [-0.2, -0.15) is 0 Å². The molecule has 0 saturated heterocycles. The van der Waals surface area contributed by atoms with Crippen LogP contribution >= 0.6 is 11.6 Å². The Kier molecular flexibility index (Phi) is 3.57. The molecule has 0 saturated carbocycles. The molecule has 0 aromatic heterocycles. The van der Waals surface area contributed by atoms with Crippen molar-refractivity contribution in [3.63, 3.8) is 0 Å². The largest absolute Gasteiger partial charge is 0.207 e. The number of hydrogen-bond donors (Lipinski definition) is 0. The lowest BCUT2D eigenvalue weighted by molar-refractivity contribution is 0.562. The predicted octanol–water partition coefficient (Wildman–Crippen LogP) is 4.57. The summed E-state index contributed by atoms with van der Waals surface area (Å²) in [6.45, 7) is 0. The average Bonchev–Trinajstić information content (AvgIpc) is 2.28. The van der Waals surface area contributed by atoms with Gasteiger partial charge in [0.15, 0.2) is 0 Å². The quantitative estimate of drug-likeness (QED) is 0.556. The fraction of sp³-hybridized carbons (Fsp3) is 0.0769. The molecule has 2 rings (SSSR count). The first kappa shape index (κ1) is 12.9. The Morgan fingerprint density at radius 3 is 1.44 bits per heavy atom. The van der Waals surface area contributed by atoms with Crippen LogP contribution < -0.4 is 0 Å². The summed E-state index contributed by atoms with van der Waals surface area (Å²) in [6.07, 6.45) is 0. The summed E-state index contributed by atoms with van der Waals surface area (Å²) in [5.41, 5.74) is -0.132. The highest BCUT2D eigenvalue weighted by Gasteiger charge is 2.19. The molecule has 0 spiro atoms. The van der Waals surface area contributed by atoms with Gasteiger partial charge in [-0.15, -0.1) is 11.6 Å². The molecule has 0 atom stereocenters. The van der Waals surface area contributed by atoms with Crippen LogP contribution in [0.4, 0.5) is 17.6 Å². The molecule has 0 fully saturated rings. The second-order valence-corrected chi connectivity index (χ2v) is 4.13. The van der Waals surface area contributed by atoms with E-state index in [1.165, 1.54) is 0 Å². The van der Waals surface area contributed by atoms with E-state index < -0.39 is 28.6 Å². The van der Waals surface area contributed by atoms with Crippen LogP contribution in [0.2, 0.25) is 0 Å². The van der Waals surface area contributed by atoms with Crippen molar-refractivity contribution in [2.45, 2.75) is 5.38 Å². The van der Waals surface area contributed by atoms with Gasteiger partial charge < -0.3 is 0 Å². The zero-order chi connectivity index (χ0) is 13.3. The average molecular weight is 275 g/mol. The van der Waals surface area contributed by atoms with Crippen LogP contribution in [0.3, 0.4) is 0 Å². The number of halogens is 5. The summed E-state index contributed by atoms with van der Waals surface area (Å²) < 4.78 is 52.4. The summed E-state index contributed by atoms with van der Waals surface area (Å²) >= 11 is 5.92. The van der Waals surface area contributed by atoms with Crippen molar-refractivity contribution in [3.8, 4) is 0 Å². The van der Waals surface area contributed by atoms with Gasteiger partial charge in [0.05, 0.1) is 5.38 Å². The standard InChI is InChI=1S/C13H7ClF4/c14-13(9-3-1-7(15)5-11(9)17)10-4-2-8(16)6-12(10)18/h1-6,13H. The summed E-state index contributed by atoms with van der Waals surface area (Å²) in [5.74, 6) is -3.25. The maximum absolute atomic E-state index is 13.5. The molecule has 94 valence electrons. The Balaban J connectivity index is 2.44. The van der Waals surface area contributed by atoms with Crippen molar-refractivity contribution in [1.82, 2.24) is 0 Å². The van der Waals surface area contributed by atoms with Gasteiger partial charge >= 0.3 is 0 Å². The number of hydrogen-bond acceptors (Lipinski definition) is 0. The SMILES string of the molecule is Fc1ccc(C(Cl)c2ccc(F)cc2F)c(F)c1. The van der Waals surface area contributed by atoms with E-state index in [9.17, 15) is 17.6 Å². The highest BCUT2D eigenvalue weighted by atomic mass is 35.5. The third kappa shape index (κ3) is 2.48. The van der Waals surface area contributed by atoms with E-state index in [1.807, 2.05) is 0 Å². The van der Waals surface area contributed by atoms with Crippen molar-refractivity contribution in [3.05, 3.63) is 70.8 Å². The number of rotatable bonds is 2. The zero-order valence-electron chi connectivity index (χ0n) is 8.93. The van der Waals surface area contributed by atoms with Crippen molar-refractivity contribution >= 4 is 11.6 Å². The third-order valence-electron chi connectivity index (χ3n) is 2.47. The number of alkyl halides is 1. The maximum Gasteiger partial charge on any atom is 0.131 e. The molecular formula is C13H7ClF4. The molecule has 0 aliphatic carbocycles. The summed E-state index contributed by atoms with van der Waals surface area (Å²) in [4.78, 5) is 0. The van der Waals surface area contributed by atoms with Crippen LogP contribution in [-0.4, -0.2) is 0 Å². The maximum atomic E-state index is 13.5. The lowest BCUT2D eigenvalue weighted by Gasteiger charge is -2.12. The first-order chi connectivity index (χ1) is 8.49. The Morgan fingerprint density at radius 1 is 0.722 bits per heavy atom. The van der Waals surface area contributed by atoms with Gasteiger partial charge in [0, 0.05) is 23.3 Å². The highest BCUT2D eigenvalue weighted by Crippen LogP contribution is 2.32. The van der Waals surface area contributed by atoms with Gasteiger partial charge in [-0.3, -0.25) is 0 Å². The second kappa shape index (κ2) is 4.98. The lowest BCUT2D eigenvalue weighted by atomic mass is 10.0. The number of benzene rings is 2. The molecular weight excluding hydrogens is 268 g/mol. The predicted molar refractivity (Wildman–Crippen MR) is 60.4 cm³/mol. The first-order valence-corrected chi connectivity index (χ1v) is 5.46. The topological polar surface area (TPSA) is 0 Å². The van der Waals surface area contributed by atoms with E-state index in [1.54, 1.807) is 0 Å². The Hall–Kier alpha value is -1.55. The molecule has 0 aliphatic rings. The van der Waals surface area contributed by atoms with Crippen LogP contribution in [0.25, 0.3) is 0 Å². The molecule has 5 heteroatoms. The molecule has 0 aliphatic heterocycles. The van der Waals surface area contributed by atoms with Crippen molar-refractivity contribution < 1.29 is 17.6 Å². The smallest absolute Gasteiger partial charge is 0.131 e. The van der Waals surface area contributed by atoms with Gasteiger partial charge in [0.2, 0.25) is 0 Å². The van der Waals surface area contributed by atoms with E-state index in [0.29, 0.717) is 12.1 Å². The lowest BCUT2D eigenvalue weighted by Crippen LogP contribution is -2.01. The van der Waals surface area contributed by atoms with E-state index in [0.717, 1.165) is 24.3 Å². The molecule has 0 nitrogen and oxygen atoms in total. The van der Waals surface area contributed by atoms with Gasteiger partial charge in [0.25, 0.3) is 0 Å². The molecule has 0 radical (unpaired) electrons. The Bertz CT molecular complexity index is 532. The first-order valence-electron chi connectivity index (χ1n) is 5.03. The van der Waals surface area contributed by atoms with Gasteiger partial charge in [0.1, 0.15) is 23.3 Å². The second-order valence-electron chi connectivity index (χ2n) is 3.69. The van der Waals surface area contributed by atoms with Crippen molar-refractivity contribution in [1.29, 1.82) is 0 Å². The fourth-order valence-corrected chi connectivity index (χ4v) is 1.94. The summed E-state index contributed by atoms with van der Waals surface area (Å²) in [7, 11) is 0. The Labute approximate surface area is 106 Å². The monoisotopic (exact) mass is 274 g/mol.